The third-order valence-electron chi connectivity index (χ3n) is 3.23. The maximum atomic E-state index is 5.82. The number of aryl methyl sites for hydroxylation is 1. The largest absolute Gasteiger partial charge is 0.397 e. The second-order valence-corrected chi connectivity index (χ2v) is 4.41. The zero-order valence-electron chi connectivity index (χ0n) is 10.9. The SMILES string of the molecule is Cc1ccc(N=Nc2ccccc2N)c(C)c1C. The van der Waals surface area contributed by atoms with Crippen molar-refractivity contribution in [1.29, 1.82) is 0 Å². The smallest absolute Gasteiger partial charge is 0.109 e. The third kappa shape index (κ3) is 2.40. The molecular formula is C15H17N3. The molecule has 92 valence electrons. The minimum absolute atomic E-state index is 0.641. The predicted octanol–water partition coefficient (Wildman–Crippen LogP) is 4.61. The Balaban J connectivity index is 2.36. The van der Waals surface area contributed by atoms with Crippen LogP contribution in [0.15, 0.2) is 46.6 Å². The van der Waals surface area contributed by atoms with Gasteiger partial charge in [-0.3, -0.25) is 0 Å². The van der Waals surface area contributed by atoms with Gasteiger partial charge in [0.1, 0.15) is 5.69 Å². The van der Waals surface area contributed by atoms with Gasteiger partial charge < -0.3 is 5.73 Å². The first-order valence-corrected chi connectivity index (χ1v) is 5.92. The van der Waals surface area contributed by atoms with Crippen LogP contribution in [-0.2, 0) is 0 Å². The quantitative estimate of drug-likeness (QED) is 0.603. The van der Waals surface area contributed by atoms with Crippen molar-refractivity contribution < 1.29 is 0 Å². The van der Waals surface area contributed by atoms with E-state index in [1.807, 2.05) is 30.3 Å². The highest BCUT2D eigenvalue weighted by atomic mass is 15.1. The highest BCUT2D eigenvalue weighted by molar-refractivity contribution is 5.62. The maximum Gasteiger partial charge on any atom is 0.109 e. The van der Waals surface area contributed by atoms with E-state index in [-0.39, 0.29) is 0 Å². The Bertz CT molecular complexity index is 601. The van der Waals surface area contributed by atoms with Crippen LogP contribution in [0.25, 0.3) is 0 Å². The summed E-state index contributed by atoms with van der Waals surface area (Å²) in [7, 11) is 0. The molecule has 0 aliphatic carbocycles. The van der Waals surface area contributed by atoms with Crippen molar-refractivity contribution in [3.8, 4) is 0 Å². The van der Waals surface area contributed by atoms with E-state index in [1.165, 1.54) is 11.1 Å². The first kappa shape index (κ1) is 12.3. The Morgan fingerprint density at radius 1 is 0.778 bits per heavy atom. The molecule has 0 heterocycles. The summed E-state index contributed by atoms with van der Waals surface area (Å²) < 4.78 is 0. The fraction of sp³-hybridized carbons (Fsp3) is 0.200. The van der Waals surface area contributed by atoms with E-state index in [4.69, 9.17) is 5.73 Å². The van der Waals surface area contributed by atoms with Gasteiger partial charge in [0.05, 0.1) is 11.4 Å². The van der Waals surface area contributed by atoms with Crippen LogP contribution in [0.2, 0.25) is 0 Å². The summed E-state index contributed by atoms with van der Waals surface area (Å²) in [6.45, 7) is 6.25. The number of anilines is 1. The fourth-order valence-corrected chi connectivity index (χ4v) is 1.74. The molecule has 0 aliphatic rings. The zero-order valence-corrected chi connectivity index (χ0v) is 10.9. The summed E-state index contributed by atoms with van der Waals surface area (Å²) in [6.07, 6.45) is 0. The van der Waals surface area contributed by atoms with Gasteiger partial charge in [-0.2, -0.15) is 5.11 Å². The highest BCUT2D eigenvalue weighted by Crippen LogP contribution is 2.28. The molecule has 3 heteroatoms. The molecule has 0 radical (unpaired) electrons. The molecule has 0 saturated carbocycles. The summed E-state index contributed by atoms with van der Waals surface area (Å²) in [5, 5.41) is 8.49. The van der Waals surface area contributed by atoms with E-state index in [0.29, 0.717) is 11.4 Å². The molecule has 0 aromatic heterocycles. The lowest BCUT2D eigenvalue weighted by Gasteiger charge is -2.06. The molecule has 2 aromatic carbocycles. The second kappa shape index (κ2) is 5.00. The fourth-order valence-electron chi connectivity index (χ4n) is 1.74. The Morgan fingerprint density at radius 2 is 1.44 bits per heavy atom. The monoisotopic (exact) mass is 239 g/mol. The number of nitrogens with two attached hydrogens (primary N) is 1. The van der Waals surface area contributed by atoms with E-state index in [1.54, 1.807) is 0 Å². The Morgan fingerprint density at radius 3 is 2.17 bits per heavy atom. The van der Waals surface area contributed by atoms with Crippen molar-refractivity contribution in [3.05, 3.63) is 53.1 Å². The average Bonchev–Trinajstić information content (AvgIpc) is 2.37. The van der Waals surface area contributed by atoms with Crippen LogP contribution in [0.4, 0.5) is 17.1 Å². The average molecular weight is 239 g/mol. The number of nitrogens with zero attached hydrogens (tertiary/aromatic N) is 2. The van der Waals surface area contributed by atoms with E-state index >= 15 is 0 Å². The van der Waals surface area contributed by atoms with Gasteiger partial charge >= 0.3 is 0 Å². The van der Waals surface area contributed by atoms with Crippen LogP contribution in [0.5, 0.6) is 0 Å². The van der Waals surface area contributed by atoms with Crippen LogP contribution in [-0.4, -0.2) is 0 Å². The van der Waals surface area contributed by atoms with Crippen molar-refractivity contribution in [1.82, 2.24) is 0 Å². The summed E-state index contributed by atoms with van der Waals surface area (Å²) in [5.74, 6) is 0. The molecule has 0 amide bonds. The zero-order chi connectivity index (χ0) is 13.1. The van der Waals surface area contributed by atoms with Crippen LogP contribution in [0, 0.1) is 20.8 Å². The molecule has 0 atom stereocenters. The van der Waals surface area contributed by atoms with Crippen molar-refractivity contribution in [2.75, 3.05) is 5.73 Å². The number of para-hydroxylation sites is 1. The summed E-state index contributed by atoms with van der Waals surface area (Å²) >= 11 is 0. The standard InChI is InChI=1S/C15H17N3/c1-10-8-9-14(12(3)11(10)2)17-18-15-7-5-4-6-13(15)16/h4-9H,16H2,1-3H3. The Hall–Kier alpha value is -2.16. The lowest BCUT2D eigenvalue weighted by molar-refractivity contribution is 1.18. The van der Waals surface area contributed by atoms with Gasteiger partial charge in [-0.25, -0.2) is 0 Å². The van der Waals surface area contributed by atoms with Crippen LogP contribution >= 0.6 is 0 Å². The van der Waals surface area contributed by atoms with Crippen LogP contribution < -0.4 is 5.73 Å². The number of hydrogen-bond donors (Lipinski definition) is 1. The van der Waals surface area contributed by atoms with E-state index in [0.717, 1.165) is 11.3 Å². The highest BCUT2D eigenvalue weighted by Gasteiger charge is 2.03. The molecule has 2 aromatic rings. The summed E-state index contributed by atoms with van der Waals surface area (Å²) in [6, 6.07) is 11.5. The van der Waals surface area contributed by atoms with E-state index in [2.05, 4.69) is 37.1 Å². The van der Waals surface area contributed by atoms with Gasteiger partial charge in [-0.1, -0.05) is 18.2 Å². The molecule has 2 rings (SSSR count). The molecule has 0 spiro atoms. The molecule has 18 heavy (non-hydrogen) atoms. The molecule has 0 unspecified atom stereocenters. The van der Waals surface area contributed by atoms with E-state index in [9.17, 15) is 0 Å². The first-order valence-electron chi connectivity index (χ1n) is 5.92. The summed E-state index contributed by atoms with van der Waals surface area (Å²) in [5.41, 5.74) is 11.7. The van der Waals surface area contributed by atoms with Crippen LogP contribution in [0.3, 0.4) is 0 Å². The number of nitrogen functional groups attached to an aromatic ring is 1. The maximum absolute atomic E-state index is 5.82. The minimum atomic E-state index is 0.641. The normalized spacial score (nSPS) is 11.1. The Kier molecular flexibility index (Phi) is 3.42. The van der Waals surface area contributed by atoms with Crippen LogP contribution in [0.1, 0.15) is 16.7 Å². The van der Waals surface area contributed by atoms with Crippen molar-refractivity contribution in [3.63, 3.8) is 0 Å². The molecular weight excluding hydrogens is 222 g/mol. The van der Waals surface area contributed by atoms with Crippen molar-refractivity contribution in [2.45, 2.75) is 20.8 Å². The third-order valence-corrected chi connectivity index (χ3v) is 3.23. The lowest BCUT2D eigenvalue weighted by Crippen LogP contribution is -1.86. The van der Waals surface area contributed by atoms with E-state index < -0.39 is 0 Å². The van der Waals surface area contributed by atoms with Gasteiger partial charge in [0, 0.05) is 0 Å². The number of hydrogen-bond acceptors (Lipinski definition) is 3. The molecule has 0 fully saturated rings. The van der Waals surface area contributed by atoms with Gasteiger partial charge in [-0.15, -0.1) is 5.11 Å². The van der Waals surface area contributed by atoms with Gasteiger partial charge in [0.25, 0.3) is 0 Å². The second-order valence-electron chi connectivity index (χ2n) is 4.41. The molecule has 0 saturated heterocycles. The number of azo groups is 1. The predicted molar refractivity (Wildman–Crippen MR) is 75.7 cm³/mol. The molecule has 0 aliphatic heterocycles. The van der Waals surface area contributed by atoms with Gasteiger partial charge in [0.15, 0.2) is 0 Å². The van der Waals surface area contributed by atoms with Crippen molar-refractivity contribution in [2.24, 2.45) is 10.2 Å². The number of benzene rings is 2. The molecule has 3 nitrogen and oxygen atoms in total. The van der Waals surface area contributed by atoms with Gasteiger partial charge in [-0.05, 0) is 55.7 Å². The molecule has 0 bridgehead atoms. The molecule has 2 N–H and O–H groups in total. The summed E-state index contributed by atoms with van der Waals surface area (Å²) in [4.78, 5) is 0. The number of rotatable bonds is 2. The lowest BCUT2D eigenvalue weighted by atomic mass is 10.0. The topological polar surface area (TPSA) is 50.7 Å². The van der Waals surface area contributed by atoms with Crippen molar-refractivity contribution >= 4 is 17.1 Å². The first-order chi connectivity index (χ1) is 8.59. The van der Waals surface area contributed by atoms with Gasteiger partial charge in [0.2, 0.25) is 0 Å². The minimum Gasteiger partial charge on any atom is -0.397 e. The Labute approximate surface area is 107 Å².